The van der Waals surface area contributed by atoms with Gasteiger partial charge >= 0.3 is 0 Å². The summed E-state index contributed by atoms with van der Waals surface area (Å²) in [7, 11) is 0. The van der Waals surface area contributed by atoms with Crippen molar-refractivity contribution in [3.8, 4) is 0 Å². The van der Waals surface area contributed by atoms with Crippen molar-refractivity contribution in [2.24, 2.45) is 0 Å². The highest BCUT2D eigenvalue weighted by Crippen LogP contribution is 2.23. The molecule has 0 bridgehead atoms. The second kappa shape index (κ2) is 7.94. The zero-order valence-electron chi connectivity index (χ0n) is 14.0. The number of pyridine rings is 1. The third kappa shape index (κ3) is 4.67. The van der Waals surface area contributed by atoms with Gasteiger partial charge in [-0.2, -0.15) is 0 Å². The normalized spacial score (nSPS) is 11.9. The molecule has 3 aromatic rings. The summed E-state index contributed by atoms with van der Waals surface area (Å²) in [6, 6.07) is 11.7. The average Bonchev–Trinajstić information content (AvgIpc) is 3.05. The van der Waals surface area contributed by atoms with Crippen LogP contribution in [0.25, 0.3) is 0 Å². The molecule has 1 aromatic carbocycles. The van der Waals surface area contributed by atoms with Crippen molar-refractivity contribution in [1.29, 1.82) is 0 Å². The van der Waals surface area contributed by atoms with Crippen molar-refractivity contribution in [2.45, 2.75) is 25.1 Å². The van der Waals surface area contributed by atoms with Crippen LogP contribution in [-0.4, -0.2) is 26.8 Å². The van der Waals surface area contributed by atoms with Crippen LogP contribution in [0.15, 0.2) is 58.4 Å². The number of carbonyl (C=O) groups excluding carboxylic acids is 1. The van der Waals surface area contributed by atoms with Crippen LogP contribution in [-0.2, 0) is 4.79 Å². The predicted octanol–water partition coefficient (Wildman–Crippen LogP) is 3.08. The van der Waals surface area contributed by atoms with Gasteiger partial charge in [0, 0.05) is 19.3 Å². The number of rotatable bonds is 6. The SMILES string of the molecule is Cc1ccc([C@H](NC(=O)CSc2nnc(C)o2)c2ccncc2)cc1. The maximum absolute atomic E-state index is 12.4. The van der Waals surface area contributed by atoms with E-state index in [0.29, 0.717) is 11.1 Å². The molecule has 0 unspecified atom stereocenters. The number of hydrogen-bond acceptors (Lipinski definition) is 6. The Morgan fingerprint density at radius 2 is 1.76 bits per heavy atom. The summed E-state index contributed by atoms with van der Waals surface area (Å²) < 4.78 is 5.27. The Balaban J connectivity index is 1.73. The lowest BCUT2D eigenvalue weighted by molar-refractivity contribution is -0.119. The van der Waals surface area contributed by atoms with Gasteiger partial charge < -0.3 is 9.73 Å². The molecule has 0 saturated heterocycles. The van der Waals surface area contributed by atoms with Gasteiger partial charge in [-0.15, -0.1) is 10.2 Å². The summed E-state index contributed by atoms with van der Waals surface area (Å²) in [6.07, 6.45) is 3.44. The molecule has 0 aliphatic rings. The highest BCUT2D eigenvalue weighted by molar-refractivity contribution is 7.99. The monoisotopic (exact) mass is 354 g/mol. The quantitative estimate of drug-likeness (QED) is 0.685. The molecule has 0 aliphatic heterocycles. The Hall–Kier alpha value is -2.67. The minimum Gasteiger partial charge on any atom is -0.416 e. The van der Waals surface area contributed by atoms with Crippen LogP contribution >= 0.6 is 11.8 Å². The van der Waals surface area contributed by atoms with Crippen LogP contribution in [0, 0.1) is 13.8 Å². The van der Waals surface area contributed by atoms with Crippen LogP contribution in [0.2, 0.25) is 0 Å². The number of aromatic nitrogens is 3. The molecule has 1 amide bonds. The number of amides is 1. The number of benzene rings is 1. The Kier molecular flexibility index (Phi) is 5.45. The first-order valence-electron chi connectivity index (χ1n) is 7.80. The van der Waals surface area contributed by atoms with Crippen molar-refractivity contribution in [1.82, 2.24) is 20.5 Å². The Morgan fingerprint density at radius 3 is 2.40 bits per heavy atom. The fraction of sp³-hybridized carbons (Fsp3) is 0.222. The molecule has 3 rings (SSSR count). The molecular weight excluding hydrogens is 336 g/mol. The molecule has 1 N–H and O–H groups in total. The van der Waals surface area contributed by atoms with Gasteiger partial charge in [-0.1, -0.05) is 41.6 Å². The molecule has 0 spiro atoms. The van der Waals surface area contributed by atoms with Gasteiger partial charge in [0.15, 0.2) is 0 Å². The molecular formula is C18H18N4O2S. The van der Waals surface area contributed by atoms with E-state index in [2.05, 4.69) is 20.5 Å². The predicted molar refractivity (Wildman–Crippen MR) is 95.2 cm³/mol. The van der Waals surface area contributed by atoms with E-state index < -0.39 is 0 Å². The molecule has 7 heteroatoms. The first kappa shape index (κ1) is 17.2. The summed E-state index contributed by atoms with van der Waals surface area (Å²) >= 11 is 1.22. The van der Waals surface area contributed by atoms with E-state index in [9.17, 15) is 4.79 Å². The van der Waals surface area contributed by atoms with Crippen molar-refractivity contribution in [3.05, 3.63) is 71.4 Å². The molecule has 1 atom stereocenters. The second-order valence-corrected chi connectivity index (χ2v) is 6.49. The van der Waals surface area contributed by atoms with Crippen molar-refractivity contribution in [2.75, 3.05) is 5.75 Å². The molecule has 25 heavy (non-hydrogen) atoms. The average molecular weight is 354 g/mol. The molecule has 2 heterocycles. The van der Waals surface area contributed by atoms with E-state index in [0.717, 1.165) is 11.1 Å². The lowest BCUT2D eigenvalue weighted by Crippen LogP contribution is -2.30. The maximum Gasteiger partial charge on any atom is 0.277 e. The van der Waals surface area contributed by atoms with Gasteiger partial charge in [-0.05, 0) is 30.2 Å². The van der Waals surface area contributed by atoms with Crippen molar-refractivity contribution in [3.63, 3.8) is 0 Å². The van der Waals surface area contributed by atoms with Crippen LogP contribution in [0.4, 0.5) is 0 Å². The largest absolute Gasteiger partial charge is 0.416 e. The molecule has 0 radical (unpaired) electrons. The summed E-state index contributed by atoms with van der Waals surface area (Å²) in [5.74, 6) is 0.579. The number of thioether (sulfide) groups is 1. The number of carbonyl (C=O) groups is 1. The molecule has 128 valence electrons. The topological polar surface area (TPSA) is 80.9 Å². The molecule has 0 aliphatic carbocycles. The van der Waals surface area contributed by atoms with Gasteiger partial charge in [-0.3, -0.25) is 9.78 Å². The fourth-order valence-electron chi connectivity index (χ4n) is 2.34. The van der Waals surface area contributed by atoms with Crippen LogP contribution in [0.5, 0.6) is 0 Å². The smallest absolute Gasteiger partial charge is 0.277 e. The number of hydrogen-bond donors (Lipinski definition) is 1. The minimum absolute atomic E-state index is 0.108. The first-order chi connectivity index (χ1) is 12.1. The number of nitrogens with zero attached hydrogens (tertiary/aromatic N) is 3. The van der Waals surface area contributed by atoms with E-state index in [1.807, 2.05) is 43.3 Å². The molecule has 0 fully saturated rings. The van der Waals surface area contributed by atoms with Crippen LogP contribution in [0.1, 0.15) is 28.6 Å². The standard InChI is InChI=1S/C18H18N4O2S/c1-12-3-5-14(6-4-12)17(15-7-9-19-10-8-15)20-16(23)11-25-18-22-21-13(2)24-18/h3-10,17H,11H2,1-2H3,(H,20,23)/t17-/m0/s1. The first-order valence-corrected chi connectivity index (χ1v) is 8.79. The van der Waals surface area contributed by atoms with E-state index in [1.165, 1.54) is 17.3 Å². The van der Waals surface area contributed by atoms with Crippen LogP contribution in [0.3, 0.4) is 0 Å². The zero-order chi connectivity index (χ0) is 17.6. The van der Waals surface area contributed by atoms with Gasteiger partial charge in [0.1, 0.15) is 0 Å². The second-order valence-electron chi connectivity index (χ2n) is 5.57. The van der Waals surface area contributed by atoms with Gasteiger partial charge in [0.2, 0.25) is 11.8 Å². The maximum atomic E-state index is 12.4. The van der Waals surface area contributed by atoms with Crippen molar-refractivity contribution >= 4 is 17.7 Å². The summed E-state index contributed by atoms with van der Waals surface area (Å²) in [4.78, 5) is 16.5. The lowest BCUT2D eigenvalue weighted by atomic mass is 9.98. The van der Waals surface area contributed by atoms with Crippen LogP contribution < -0.4 is 5.32 Å². The highest BCUT2D eigenvalue weighted by atomic mass is 32.2. The molecule has 6 nitrogen and oxygen atoms in total. The zero-order valence-corrected chi connectivity index (χ0v) is 14.8. The fourth-order valence-corrected chi connectivity index (χ4v) is 2.96. The summed E-state index contributed by atoms with van der Waals surface area (Å²) in [5.41, 5.74) is 3.17. The Labute approximate surface area is 150 Å². The van der Waals surface area contributed by atoms with Gasteiger partial charge in [-0.25, -0.2) is 0 Å². The summed E-state index contributed by atoms with van der Waals surface area (Å²) in [6.45, 7) is 3.75. The van der Waals surface area contributed by atoms with E-state index in [-0.39, 0.29) is 17.7 Å². The van der Waals surface area contributed by atoms with Crippen molar-refractivity contribution < 1.29 is 9.21 Å². The molecule has 2 aromatic heterocycles. The lowest BCUT2D eigenvalue weighted by Gasteiger charge is -2.19. The molecule has 0 saturated carbocycles. The Morgan fingerprint density at radius 1 is 1.08 bits per heavy atom. The summed E-state index contributed by atoms with van der Waals surface area (Å²) in [5, 5.41) is 11.1. The Bertz CT molecular complexity index is 834. The van der Waals surface area contributed by atoms with E-state index >= 15 is 0 Å². The van der Waals surface area contributed by atoms with Gasteiger partial charge in [0.05, 0.1) is 11.8 Å². The van der Waals surface area contributed by atoms with E-state index in [4.69, 9.17) is 4.42 Å². The highest BCUT2D eigenvalue weighted by Gasteiger charge is 2.17. The van der Waals surface area contributed by atoms with Gasteiger partial charge in [0.25, 0.3) is 5.22 Å². The third-order valence-corrected chi connectivity index (χ3v) is 4.41. The number of nitrogens with one attached hydrogen (secondary N) is 1. The third-order valence-electron chi connectivity index (χ3n) is 3.59. The minimum atomic E-state index is -0.235. The number of aryl methyl sites for hydroxylation is 2. The van der Waals surface area contributed by atoms with E-state index in [1.54, 1.807) is 19.3 Å².